The van der Waals surface area contributed by atoms with Gasteiger partial charge in [-0.25, -0.2) is 9.78 Å². The van der Waals surface area contributed by atoms with Gasteiger partial charge in [0.1, 0.15) is 9.39 Å². The van der Waals surface area contributed by atoms with E-state index < -0.39 is 17.4 Å². The third kappa shape index (κ3) is 1.90. The fourth-order valence-electron chi connectivity index (χ4n) is 1.90. The summed E-state index contributed by atoms with van der Waals surface area (Å²) in [6, 6.07) is 9.25. The van der Waals surface area contributed by atoms with Crippen molar-refractivity contribution in [2.24, 2.45) is 0 Å². The average molecular weight is 382 g/mol. The molecule has 0 aliphatic heterocycles. The molecule has 2 aromatic heterocycles. The van der Waals surface area contributed by atoms with Crippen molar-refractivity contribution in [1.82, 2.24) is 10.1 Å². The molecule has 0 spiro atoms. The molecule has 0 atom stereocenters. The Balaban J connectivity index is 2.34. The smallest absolute Gasteiger partial charge is 0.358 e. The van der Waals surface area contributed by atoms with Crippen molar-refractivity contribution in [3.63, 3.8) is 0 Å². The van der Waals surface area contributed by atoms with Crippen molar-refractivity contribution in [2.75, 3.05) is 0 Å². The quantitative estimate of drug-likeness (QED) is 0.523. The van der Waals surface area contributed by atoms with Gasteiger partial charge in [0.05, 0.1) is 5.39 Å². The van der Waals surface area contributed by atoms with Crippen LogP contribution in [0.4, 0.5) is 0 Å². The third-order valence-electron chi connectivity index (χ3n) is 2.80. The number of aromatic carboxylic acids is 1. The summed E-state index contributed by atoms with van der Waals surface area (Å²) in [6.07, 6.45) is 0. The summed E-state index contributed by atoms with van der Waals surface area (Å²) in [4.78, 5) is 14.9. The molecule has 0 aliphatic rings. The molecule has 100 valence electrons. The number of aromatic hydroxyl groups is 1. The molecular weight excluding hydrogens is 375 g/mol. The monoisotopic (exact) mass is 382 g/mol. The van der Waals surface area contributed by atoms with Gasteiger partial charge in [-0.2, -0.15) is 0 Å². The van der Waals surface area contributed by atoms with E-state index in [1.165, 1.54) is 0 Å². The van der Waals surface area contributed by atoms with Crippen LogP contribution in [0.1, 0.15) is 10.5 Å². The van der Waals surface area contributed by atoms with Crippen LogP contribution in [0.2, 0.25) is 0 Å². The van der Waals surface area contributed by atoms with Crippen LogP contribution in [0, 0.1) is 3.70 Å². The van der Waals surface area contributed by atoms with Crippen LogP contribution in [0.15, 0.2) is 34.9 Å². The van der Waals surface area contributed by atoms with Gasteiger partial charge in [0.25, 0.3) is 0 Å². The topological polar surface area (TPSA) is 96.5 Å². The van der Waals surface area contributed by atoms with Crippen molar-refractivity contribution in [3.05, 3.63) is 39.7 Å². The lowest BCUT2D eigenvalue weighted by molar-refractivity contribution is 0.0687. The number of carboxylic acid groups (broad SMARTS) is 1. The molecule has 0 bridgehead atoms. The highest BCUT2D eigenvalue weighted by molar-refractivity contribution is 14.1. The first-order valence-electron chi connectivity index (χ1n) is 5.56. The summed E-state index contributed by atoms with van der Waals surface area (Å²) in [7, 11) is 0. The Kier molecular flexibility index (Phi) is 3.05. The molecule has 2 heterocycles. The van der Waals surface area contributed by atoms with E-state index >= 15 is 0 Å². The zero-order chi connectivity index (χ0) is 14.3. The first-order valence-corrected chi connectivity index (χ1v) is 6.64. The number of pyridine rings is 1. The van der Waals surface area contributed by atoms with E-state index in [9.17, 15) is 9.90 Å². The lowest BCUT2D eigenvalue weighted by Crippen LogP contribution is -2.02. The third-order valence-corrected chi connectivity index (χ3v) is 3.58. The van der Waals surface area contributed by atoms with Crippen LogP contribution >= 0.6 is 22.6 Å². The minimum absolute atomic E-state index is 0.0284. The van der Waals surface area contributed by atoms with Crippen molar-refractivity contribution in [2.45, 2.75) is 0 Å². The standard InChI is InChI=1S/C13H7IN2O4/c14-12-7-8(6-4-2-1-3-5-6)16-20-11(7)10(17)9(15-12)13(18)19/h1-5,17H,(H,18,19). The van der Waals surface area contributed by atoms with Gasteiger partial charge in [0.2, 0.25) is 5.58 Å². The largest absolute Gasteiger partial charge is 0.502 e. The highest BCUT2D eigenvalue weighted by atomic mass is 127. The second-order valence-corrected chi connectivity index (χ2v) is 5.03. The molecule has 1 aromatic carbocycles. The van der Waals surface area contributed by atoms with E-state index in [4.69, 9.17) is 9.63 Å². The van der Waals surface area contributed by atoms with E-state index in [1.807, 2.05) is 52.9 Å². The summed E-state index contributed by atoms with van der Waals surface area (Å²) in [6.45, 7) is 0. The Bertz CT molecular complexity index is 814. The number of halogens is 1. The number of nitrogens with zero attached hydrogens (tertiary/aromatic N) is 2. The van der Waals surface area contributed by atoms with Crippen molar-refractivity contribution in [3.8, 4) is 17.0 Å². The maximum absolute atomic E-state index is 11.0. The second-order valence-electron chi connectivity index (χ2n) is 4.01. The summed E-state index contributed by atoms with van der Waals surface area (Å²) in [5.74, 6) is -1.83. The molecule has 7 heteroatoms. The minimum Gasteiger partial charge on any atom is -0.502 e. The first kappa shape index (κ1) is 12.9. The summed E-state index contributed by atoms with van der Waals surface area (Å²) in [5.41, 5.74) is 0.900. The van der Waals surface area contributed by atoms with Gasteiger partial charge < -0.3 is 14.7 Å². The van der Waals surface area contributed by atoms with Crippen molar-refractivity contribution >= 4 is 39.5 Å². The van der Waals surface area contributed by atoms with Crippen LogP contribution in [0.3, 0.4) is 0 Å². The molecule has 0 amide bonds. The molecule has 6 nitrogen and oxygen atoms in total. The number of fused-ring (bicyclic) bond motifs is 1. The van der Waals surface area contributed by atoms with E-state index in [0.29, 0.717) is 14.8 Å². The number of aromatic nitrogens is 2. The molecular formula is C13H7IN2O4. The number of hydrogen-bond acceptors (Lipinski definition) is 5. The molecule has 20 heavy (non-hydrogen) atoms. The first-order chi connectivity index (χ1) is 9.59. The van der Waals surface area contributed by atoms with E-state index in [0.717, 1.165) is 5.56 Å². The van der Waals surface area contributed by atoms with Gasteiger partial charge >= 0.3 is 5.97 Å². The van der Waals surface area contributed by atoms with E-state index in [2.05, 4.69) is 10.1 Å². The fraction of sp³-hybridized carbons (Fsp3) is 0. The zero-order valence-corrected chi connectivity index (χ0v) is 12.0. The maximum Gasteiger partial charge on any atom is 0.358 e. The molecule has 0 aliphatic carbocycles. The SMILES string of the molecule is O=C(O)c1nc(I)c2c(-c3ccccc3)noc2c1O. The highest BCUT2D eigenvalue weighted by Crippen LogP contribution is 2.36. The Morgan fingerprint density at radius 3 is 2.60 bits per heavy atom. The molecule has 0 unspecified atom stereocenters. The molecule has 3 aromatic rings. The summed E-state index contributed by atoms with van der Waals surface area (Å²) >= 11 is 1.90. The van der Waals surface area contributed by atoms with Crippen LogP contribution in [-0.2, 0) is 0 Å². The molecule has 0 saturated carbocycles. The normalized spacial score (nSPS) is 10.8. The lowest BCUT2D eigenvalue weighted by atomic mass is 10.1. The second kappa shape index (κ2) is 4.75. The predicted molar refractivity (Wildman–Crippen MR) is 78.6 cm³/mol. The van der Waals surface area contributed by atoms with Gasteiger partial charge in [0, 0.05) is 5.56 Å². The number of benzene rings is 1. The number of rotatable bonds is 2. The van der Waals surface area contributed by atoms with Crippen molar-refractivity contribution in [1.29, 1.82) is 0 Å². The highest BCUT2D eigenvalue weighted by Gasteiger charge is 2.24. The summed E-state index contributed by atoms with van der Waals surface area (Å²) in [5, 5.41) is 23.3. The van der Waals surface area contributed by atoms with Crippen LogP contribution < -0.4 is 0 Å². The van der Waals surface area contributed by atoms with E-state index in [1.54, 1.807) is 0 Å². The average Bonchev–Trinajstić information content (AvgIpc) is 2.89. The number of carbonyl (C=O) groups is 1. The van der Waals surface area contributed by atoms with Crippen molar-refractivity contribution < 1.29 is 19.5 Å². The molecule has 0 fully saturated rings. The lowest BCUT2D eigenvalue weighted by Gasteiger charge is -2.02. The number of carboxylic acids is 1. The van der Waals surface area contributed by atoms with Gasteiger partial charge in [-0.1, -0.05) is 35.5 Å². The fourth-order valence-corrected chi connectivity index (χ4v) is 2.64. The Morgan fingerprint density at radius 2 is 1.95 bits per heavy atom. The zero-order valence-electron chi connectivity index (χ0n) is 9.87. The summed E-state index contributed by atoms with van der Waals surface area (Å²) < 4.78 is 5.51. The molecule has 0 saturated heterocycles. The Morgan fingerprint density at radius 1 is 1.25 bits per heavy atom. The van der Waals surface area contributed by atoms with Gasteiger partial charge in [-0.3, -0.25) is 0 Å². The van der Waals surface area contributed by atoms with Gasteiger partial charge in [0.15, 0.2) is 11.4 Å². The van der Waals surface area contributed by atoms with Gasteiger partial charge in [-0.05, 0) is 22.6 Å². The Labute approximate surface area is 126 Å². The molecule has 2 N–H and O–H groups in total. The number of hydrogen-bond donors (Lipinski definition) is 2. The molecule has 0 radical (unpaired) electrons. The van der Waals surface area contributed by atoms with E-state index in [-0.39, 0.29) is 5.58 Å². The Hall–Kier alpha value is -2.16. The minimum atomic E-state index is -1.32. The molecule has 3 rings (SSSR count). The van der Waals surface area contributed by atoms with Crippen LogP contribution in [0.25, 0.3) is 22.2 Å². The van der Waals surface area contributed by atoms with Crippen LogP contribution in [0.5, 0.6) is 5.75 Å². The van der Waals surface area contributed by atoms with Gasteiger partial charge in [-0.15, -0.1) is 0 Å². The maximum atomic E-state index is 11.0. The predicted octanol–water partition coefficient (Wildman–Crippen LogP) is 2.90. The van der Waals surface area contributed by atoms with Crippen LogP contribution in [-0.4, -0.2) is 26.3 Å².